The summed E-state index contributed by atoms with van der Waals surface area (Å²) in [5.74, 6) is -0.936. The van der Waals surface area contributed by atoms with Crippen LogP contribution in [0.25, 0.3) is 0 Å². The van der Waals surface area contributed by atoms with Crippen molar-refractivity contribution in [2.24, 2.45) is 5.41 Å². The summed E-state index contributed by atoms with van der Waals surface area (Å²) in [6.07, 6.45) is 2.98. The van der Waals surface area contributed by atoms with Gasteiger partial charge in [-0.2, -0.15) is 0 Å². The highest BCUT2D eigenvalue weighted by Crippen LogP contribution is 2.43. The minimum Gasteiger partial charge on any atom is -0.481 e. The Morgan fingerprint density at radius 2 is 1.86 bits per heavy atom. The molecule has 120 valence electrons. The Morgan fingerprint density at radius 3 is 2.33 bits per heavy atom. The highest BCUT2D eigenvalue weighted by molar-refractivity contribution is 5.78. The number of carboxylic acids is 1. The molecule has 0 aliphatic heterocycles. The quantitative estimate of drug-likeness (QED) is 0.533. The van der Waals surface area contributed by atoms with E-state index >= 15 is 0 Å². The van der Waals surface area contributed by atoms with Crippen LogP contribution in [-0.4, -0.2) is 42.1 Å². The summed E-state index contributed by atoms with van der Waals surface area (Å²) in [4.78, 5) is 33.8. The second-order valence-electron chi connectivity index (χ2n) is 6.01. The summed E-state index contributed by atoms with van der Waals surface area (Å²) >= 11 is 0. The molecule has 21 heavy (non-hydrogen) atoms. The van der Waals surface area contributed by atoms with Gasteiger partial charge in [-0.05, 0) is 32.1 Å². The summed E-state index contributed by atoms with van der Waals surface area (Å²) in [6, 6.07) is -0.273. The number of urea groups is 1. The van der Waals surface area contributed by atoms with Crippen molar-refractivity contribution < 1.29 is 19.5 Å². The largest absolute Gasteiger partial charge is 0.481 e. The van der Waals surface area contributed by atoms with Crippen LogP contribution in [0, 0.1) is 5.41 Å². The second-order valence-corrected chi connectivity index (χ2v) is 6.01. The Bertz CT molecular complexity index is 392. The molecule has 0 heterocycles. The fourth-order valence-corrected chi connectivity index (χ4v) is 2.43. The molecule has 0 saturated heterocycles. The Hall–Kier alpha value is -1.79. The second kappa shape index (κ2) is 7.85. The van der Waals surface area contributed by atoms with Crippen molar-refractivity contribution in [2.75, 3.05) is 13.1 Å². The van der Waals surface area contributed by atoms with Crippen LogP contribution >= 0.6 is 0 Å². The van der Waals surface area contributed by atoms with Crippen LogP contribution in [0.5, 0.6) is 0 Å². The lowest BCUT2D eigenvalue weighted by molar-refractivity contribution is -0.141. The maximum Gasteiger partial charge on any atom is 0.314 e. The van der Waals surface area contributed by atoms with Crippen molar-refractivity contribution in [3.8, 4) is 0 Å². The Labute approximate surface area is 124 Å². The average molecular weight is 299 g/mol. The number of carbonyl (C=O) groups excluding carboxylic acids is 2. The molecule has 1 aliphatic rings. The van der Waals surface area contributed by atoms with Crippen LogP contribution in [0.15, 0.2) is 0 Å². The third-order valence-electron chi connectivity index (χ3n) is 3.65. The molecule has 1 fully saturated rings. The molecule has 1 aliphatic carbocycles. The molecule has 0 bridgehead atoms. The first-order valence-corrected chi connectivity index (χ1v) is 7.36. The topological polar surface area (TPSA) is 108 Å². The van der Waals surface area contributed by atoms with Gasteiger partial charge in [0.2, 0.25) is 5.91 Å². The minimum atomic E-state index is -0.831. The standard InChI is InChI=1S/C14H25N3O4/c1-10(2)17-11(18)4-7-15-13(21)16-9-14(5-3-6-14)8-12(19)20/h10H,3-9H2,1-2H3,(H,17,18)(H,19,20)(H2,15,16,21). The zero-order chi connectivity index (χ0) is 15.9. The number of carbonyl (C=O) groups is 3. The van der Waals surface area contributed by atoms with Gasteiger partial charge in [0.25, 0.3) is 0 Å². The maximum absolute atomic E-state index is 11.6. The molecule has 4 N–H and O–H groups in total. The number of hydrogen-bond acceptors (Lipinski definition) is 3. The molecule has 0 spiro atoms. The molecular formula is C14H25N3O4. The van der Waals surface area contributed by atoms with Gasteiger partial charge >= 0.3 is 12.0 Å². The first-order chi connectivity index (χ1) is 9.83. The van der Waals surface area contributed by atoms with Crippen LogP contribution in [-0.2, 0) is 9.59 Å². The van der Waals surface area contributed by atoms with Crippen LogP contribution < -0.4 is 16.0 Å². The molecule has 0 aromatic carbocycles. The number of carboxylic acid groups (broad SMARTS) is 1. The van der Waals surface area contributed by atoms with E-state index in [2.05, 4.69) is 16.0 Å². The average Bonchev–Trinajstić information content (AvgIpc) is 2.31. The van der Waals surface area contributed by atoms with Gasteiger partial charge in [0, 0.05) is 25.6 Å². The van der Waals surface area contributed by atoms with Crippen LogP contribution in [0.3, 0.4) is 0 Å². The highest BCUT2D eigenvalue weighted by Gasteiger charge is 2.39. The lowest BCUT2D eigenvalue weighted by Gasteiger charge is -2.40. The van der Waals surface area contributed by atoms with Gasteiger partial charge in [-0.25, -0.2) is 4.79 Å². The van der Waals surface area contributed by atoms with E-state index in [4.69, 9.17) is 5.11 Å². The monoisotopic (exact) mass is 299 g/mol. The molecule has 1 rings (SSSR count). The van der Waals surface area contributed by atoms with Gasteiger partial charge in [0.1, 0.15) is 0 Å². The van der Waals surface area contributed by atoms with E-state index in [0.29, 0.717) is 6.54 Å². The molecule has 0 atom stereocenters. The number of rotatable bonds is 8. The number of aliphatic carboxylic acids is 1. The maximum atomic E-state index is 11.6. The van der Waals surface area contributed by atoms with E-state index in [1.165, 1.54) is 0 Å². The lowest BCUT2D eigenvalue weighted by Crippen LogP contribution is -2.47. The molecule has 0 aromatic heterocycles. The number of amides is 3. The summed E-state index contributed by atoms with van der Waals surface area (Å²) in [5, 5.41) is 16.9. The van der Waals surface area contributed by atoms with E-state index in [1.807, 2.05) is 13.8 Å². The van der Waals surface area contributed by atoms with E-state index in [-0.39, 0.29) is 42.8 Å². The van der Waals surface area contributed by atoms with Gasteiger partial charge in [0.05, 0.1) is 6.42 Å². The van der Waals surface area contributed by atoms with Crippen molar-refractivity contribution >= 4 is 17.9 Å². The Balaban J connectivity index is 2.19. The Kier molecular flexibility index (Phi) is 6.45. The van der Waals surface area contributed by atoms with Crippen molar-refractivity contribution in [1.29, 1.82) is 0 Å². The van der Waals surface area contributed by atoms with Crippen molar-refractivity contribution in [2.45, 2.75) is 52.0 Å². The SMILES string of the molecule is CC(C)NC(=O)CCNC(=O)NCC1(CC(=O)O)CCC1. The van der Waals surface area contributed by atoms with Crippen LogP contribution in [0.2, 0.25) is 0 Å². The van der Waals surface area contributed by atoms with Gasteiger partial charge < -0.3 is 21.1 Å². The van der Waals surface area contributed by atoms with Gasteiger partial charge in [-0.15, -0.1) is 0 Å². The summed E-state index contributed by atoms with van der Waals surface area (Å²) in [5.41, 5.74) is -0.293. The lowest BCUT2D eigenvalue weighted by atomic mass is 9.66. The number of nitrogens with one attached hydrogen (secondary N) is 3. The third-order valence-corrected chi connectivity index (χ3v) is 3.65. The minimum absolute atomic E-state index is 0.0841. The molecule has 7 heteroatoms. The zero-order valence-electron chi connectivity index (χ0n) is 12.7. The molecular weight excluding hydrogens is 274 g/mol. The smallest absolute Gasteiger partial charge is 0.314 e. The summed E-state index contributed by atoms with van der Waals surface area (Å²) in [6.45, 7) is 4.37. The zero-order valence-corrected chi connectivity index (χ0v) is 12.7. The molecule has 1 saturated carbocycles. The normalized spacial score (nSPS) is 16.0. The van der Waals surface area contributed by atoms with E-state index in [9.17, 15) is 14.4 Å². The first kappa shape index (κ1) is 17.3. The summed E-state index contributed by atoms with van der Waals surface area (Å²) < 4.78 is 0. The van der Waals surface area contributed by atoms with E-state index in [0.717, 1.165) is 19.3 Å². The molecule has 3 amide bonds. The molecule has 0 aromatic rings. The fraction of sp³-hybridized carbons (Fsp3) is 0.786. The van der Waals surface area contributed by atoms with Crippen LogP contribution in [0.1, 0.15) is 46.0 Å². The van der Waals surface area contributed by atoms with E-state index in [1.54, 1.807) is 0 Å². The van der Waals surface area contributed by atoms with Gasteiger partial charge in [0.15, 0.2) is 0 Å². The molecule has 0 unspecified atom stereocenters. The van der Waals surface area contributed by atoms with Gasteiger partial charge in [-0.3, -0.25) is 9.59 Å². The van der Waals surface area contributed by atoms with Crippen molar-refractivity contribution in [3.63, 3.8) is 0 Å². The predicted molar refractivity (Wildman–Crippen MR) is 77.8 cm³/mol. The van der Waals surface area contributed by atoms with Gasteiger partial charge in [-0.1, -0.05) is 6.42 Å². The van der Waals surface area contributed by atoms with Crippen molar-refractivity contribution in [3.05, 3.63) is 0 Å². The van der Waals surface area contributed by atoms with E-state index < -0.39 is 5.97 Å². The number of hydrogen-bond donors (Lipinski definition) is 4. The molecule has 7 nitrogen and oxygen atoms in total. The Morgan fingerprint density at radius 1 is 1.19 bits per heavy atom. The predicted octanol–water partition coefficient (Wildman–Crippen LogP) is 0.845. The highest BCUT2D eigenvalue weighted by atomic mass is 16.4. The van der Waals surface area contributed by atoms with Crippen LogP contribution in [0.4, 0.5) is 4.79 Å². The first-order valence-electron chi connectivity index (χ1n) is 7.36. The fourth-order valence-electron chi connectivity index (χ4n) is 2.43. The third kappa shape index (κ3) is 6.46. The summed E-state index contributed by atoms with van der Waals surface area (Å²) in [7, 11) is 0. The molecule has 0 radical (unpaired) electrons. The van der Waals surface area contributed by atoms with Crippen molar-refractivity contribution in [1.82, 2.24) is 16.0 Å².